The van der Waals surface area contributed by atoms with Crippen molar-refractivity contribution in [1.29, 1.82) is 0 Å². The van der Waals surface area contributed by atoms with Crippen LogP contribution in [0.2, 0.25) is 20.1 Å². The average molecular weight is 1720 g/mol. The van der Waals surface area contributed by atoms with Crippen molar-refractivity contribution in [3.63, 3.8) is 0 Å². The Bertz CT molecular complexity index is 6040. The van der Waals surface area contributed by atoms with Crippen LogP contribution in [-0.2, 0) is 18.8 Å². The Kier molecular flexibility index (Phi) is 29.6. The molecular weight excluding hydrogens is 1620 g/mol. The number of H-pyrrole nitrogens is 5. The van der Waals surface area contributed by atoms with E-state index in [9.17, 15) is 24.0 Å². The SMILES string of the molecule is CC(C)C(NC(=O)c1cc2cc(Cl)ccc2[nH]1)c1cnn(C)c1.CC(C)Oc1ccc2[nH]c(C(=O)N[C@H](C)c3ccccc3)cc2c1.CCC(NC(=O)c1cc2cc(Cl)ccc2[nH]1)c1cnn(C)c1.CN1CCC(C(NC(=O)c2cc3cc(Cl)ccc3[nH]2)c2ccccc2)CC1.O=C(NC(c1ccccc1)C1CCOCC1)c1cc2cc(Cl)ccc2[nH]1. The molecule has 7 aromatic heterocycles. The molecule has 2 saturated heterocycles. The van der Waals surface area contributed by atoms with Crippen molar-refractivity contribution < 1.29 is 33.4 Å². The number of piperidine rings is 1. The van der Waals surface area contributed by atoms with Crippen molar-refractivity contribution in [2.75, 3.05) is 33.4 Å². The first kappa shape index (κ1) is 87.9. The summed E-state index contributed by atoms with van der Waals surface area (Å²) in [5.74, 6) is 1.30. The molecular formula is C96H103Cl4N15O7. The van der Waals surface area contributed by atoms with Gasteiger partial charge in [-0.25, -0.2) is 0 Å². The summed E-state index contributed by atoms with van der Waals surface area (Å²) in [6, 6.07) is 67.3. The molecule has 8 aromatic carbocycles. The Hall–Kier alpha value is -11.9. The van der Waals surface area contributed by atoms with Gasteiger partial charge in [-0.15, -0.1) is 0 Å². The standard InChI is InChI=1S/C22H24ClN3O.C21H21ClN2O2.C20H22N2O2.C17H19ClN4O.C16H17ClN4O/c1-26-11-9-16(10-12-26)21(15-5-3-2-4-6-15)25-22(27)20-14-17-13-18(23)7-8-19(17)24-20;22-17-6-7-18-16(12-17)13-19(23-18)21(25)24-20(14-4-2-1-3-5-14)15-8-10-26-11-9-15;1-13(2)24-17-9-10-18-16(11-17)12-19(22-18)20(23)21-14(3)15-7-5-4-6-8-15;1-10(2)16(12-8-19-22(3)9-12)21-17(23)15-7-11-6-13(18)4-5-14(11)20-15;1-3-13(11-8-18-21(2)9-11)20-16(22)15-7-10-6-12(17)4-5-14(10)19-15/h2-8,13-14,16,21,24H,9-12H2,1H3,(H,25,27);1-7,12-13,15,20,23H,8-11H2,(H,24,25);4-14,22H,1-3H3,(H,21,23);4-10,16,20H,1-3H3,(H,21,23);4-9,13,19H,3H2,1-2H3,(H,20,22)/t;;14-;;/m..1../s1. The average Bonchev–Trinajstić information content (AvgIpc) is 1.61. The van der Waals surface area contributed by atoms with Crippen molar-refractivity contribution >= 4 is 130 Å². The van der Waals surface area contributed by atoms with Crippen LogP contribution in [0, 0.1) is 17.8 Å². The fraction of sp³-hybridized carbons (Fsp3) is 0.281. The Morgan fingerprint density at radius 3 is 1.15 bits per heavy atom. The lowest BCUT2D eigenvalue weighted by molar-refractivity contribution is 0.0513. The van der Waals surface area contributed by atoms with Crippen LogP contribution in [-0.4, -0.2) is 118 Å². The first-order valence-electron chi connectivity index (χ1n) is 41.2. The minimum Gasteiger partial charge on any atom is -0.491 e. The van der Waals surface area contributed by atoms with Crippen molar-refractivity contribution in [3.8, 4) is 5.75 Å². The normalized spacial score (nSPS) is 14.4. The maximum absolute atomic E-state index is 13.0. The molecule has 122 heavy (non-hydrogen) atoms. The van der Waals surface area contributed by atoms with E-state index in [0.29, 0.717) is 60.4 Å². The minimum atomic E-state index is -0.139. The number of rotatable bonds is 21. The number of hydrogen-bond donors (Lipinski definition) is 10. The maximum atomic E-state index is 13.0. The fourth-order valence-electron chi connectivity index (χ4n) is 15.4. The molecule has 22 nitrogen and oxygen atoms in total. The van der Waals surface area contributed by atoms with Gasteiger partial charge in [0, 0.05) is 125 Å². The van der Waals surface area contributed by atoms with E-state index in [1.807, 2.05) is 230 Å². The maximum Gasteiger partial charge on any atom is 0.268 e. The van der Waals surface area contributed by atoms with Gasteiger partial charge in [0.2, 0.25) is 0 Å². The van der Waals surface area contributed by atoms with Gasteiger partial charge >= 0.3 is 0 Å². The van der Waals surface area contributed by atoms with E-state index in [2.05, 4.69) is 112 Å². The number of aromatic amines is 5. The molecule has 0 radical (unpaired) electrons. The van der Waals surface area contributed by atoms with Gasteiger partial charge in [-0.1, -0.05) is 158 Å². The third-order valence-electron chi connectivity index (χ3n) is 21.9. The first-order valence-corrected chi connectivity index (χ1v) is 42.7. The lowest BCUT2D eigenvalue weighted by Crippen LogP contribution is -2.39. The van der Waals surface area contributed by atoms with Gasteiger partial charge in [0.15, 0.2) is 0 Å². The molecule has 2 aliphatic rings. The quantitative estimate of drug-likeness (QED) is 0.0325. The number of carbonyl (C=O) groups excluding carboxylic acids is 5. The van der Waals surface area contributed by atoms with E-state index < -0.39 is 0 Å². The summed E-state index contributed by atoms with van der Waals surface area (Å²) in [5, 5.41) is 31.3. The summed E-state index contributed by atoms with van der Waals surface area (Å²) in [7, 11) is 5.88. The van der Waals surface area contributed by atoms with Crippen molar-refractivity contribution in [3.05, 3.63) is 313 Å². The van der Waals surface area contributed by atoms with E-state index in [-0.39, 0.29) is 71.8 Å². The summed E-state index contributed by atoms with van der Waals surface area (Å²) in [5.41, 5.74) is 12.6. The number of nitrogens with zero attached hydrogens (tertiary/aromatic N) is 5. The minimum absolute atomic E-state index is 0.0161. The van der Waals surface area contributed by atoms with Gasteiger partial charge < -0.3 is 65.9 Å². The van der Waals surface area contributed by atoms with Crippen LogP contribution in [0.5, 0.6) is 5.75 Å². The Labute approximate surface area is 729 Å². The molecule has 15 aromatic rings. The number of benzene rings is 8. The Balaban J connectivity index is 0.000000132. The highest BCUT2D eigenvalue weighted by molar-refractivity contribution is 6.32. The summed E-state index contributed by atoms with van der Waals surface area (Å²) in [4.78, 5) is 81.6. The molecule has 0 aliphatic carbocycles. The number of aryl methyl sites for hydroxylation is 2. The first-order chi connectivity index (χ1) is 58.8. The number of hydrogen-bond acceptors (Lipinski definition) is 10. The lowest BCUT2D eigenvalue weighted by atomic mass is 9.85. The van der Waals surface area contributed by atoms with Crippen LogP contribution in [0.25, 0.3) is 54.5 Å². The molecule has 26 heteroatoms. The van der Waals surface area contributed by atoms with Gasteiger partial charge in [-0.2, -0.15) is 10.2 Å². The zero-order valence-electron chi connectivity index (χ0n) is 69.7. The Morgan fingerprint density at radius 2 is 0.770 bits per heavy atom. The third-order valence-corrected chi connectivity index (χ3v) is 22.8. The number of amides is 5. The number of likely N-dealkylation sites (tertiary alicyclic amines) is 1. The van der Waals surface area contributed by atoms with Gasteiger partial charge in [-0.05, 0) is 229 Å². The second-order valence-electron chi connectivity index (χ2n) is 31.7. The van der Waals surface area contributed by atoms with Gasteiger partial charge in [0.1, 0.15) is 34.2 Å². The molecule has 0 bridgehead atoms. The Morgan fingerprint density at radius 1 is 0.418 bits per heavy atom. The highest BCUT2D eigenvalue weighted by atomic mass is 35.5. The monoisotopic (exact) mass is 1720 g/mol. The number of carbonyl (C=O) groups is 5. The molecule has 5 atom stereocenters. The van der Waals surface area contributed by atoms with Crippen molar-refractivity contribution in [2.24, 2.45) is 31.8 Å². The molecule has 2 aliphatic heterocycles. The number of halogens is 4. The zero-order valence-corrected chi connectivity index (χ0v) is 72.7. The number of fused-ring (bicyclic) bond motifs is 5. The van der Waals surface area contributed by atoms with Crippen molar-refractivity contribution in [2.45, 2.75) is 110 Å². The van der Waals surface area contributed by atoms with E-state index in [0.717, 1.165) is 141 Å². The summed E-state index contributed by atoms with van der Waals surface area (Å²) < 4.78 is 14.7. The zero-order chi connectivity index (χ0) is 86.1. The van der Waals surface area contributed by atoms with Gasteiger partial charge in [-0.3, -0.25) is 33.3 Å². The van der Waals surface area contributed by atoms with Crippen LogP contribution in [0.3, 0.4) is 0 Å². The van der Waals surface area contributed by atoms with Crippen LogP contribution >= 0.6 is 46.4 Å². The van der Waals surface area contributed by atoms with E-state index in [1.54, 1.807) is 33.9 Å². The number of ether oxygens (including phenoxy) is 2. The fourth-order valence-corrected chi connectivity index (χ4v) is 16.2. The highest BCUT2D eigenvalue weighted by Gasteiger charge is 2.31. The topological polar surface area (TPSA) is 282 Å². The van der Waals surface area contributed by atoms with Crippen LogP contribution < -0.4 is 31.3 Å². The summed E-state index contributed by atoms with van der Waals surface area (Å²) >= 11 is 24.1. The molecule has 0 spiro atoms. The number of nitrogens with one attached hydrogen (secondary N) is 10. The number of aromatic nitrogens is 9. The highest BCUT2D eigenvalue weighted by Crippen LogP contribution is 2.35. The second-order valence-corrected chi connectivity index (χ2v) is 33.4. The largest absolute Gasteiger partial charge is 0.491 e. The predicted molar refractivity (Wildman–Crippen MR) is 489 cm³/mol. The third kappa shape index (κ3) is 23.2. The molecule has 17 rings (SSSR count). The van der Waals surface area contributed by atoms with E-state index >= 15 is 0 Å². The second kappa shape index (κ2) is 41.1. The molecule has 2 fully saturated rings. The van der Waals surface area contributed by atoms with E-state index in [1.165, 1.54) is 5.56 Å². The van der Waals surface area contributed by atoms with Gasteiger partial charge in [0.05, 0.1) is 48.7 Å². The predicted octanol–water partition coefficient (Wildman–Crippen LogP) is 20.9. The van der Waals surface area contributed by atoms with E-state index in [4.69, 9.17) is 55.9 Å². The molecule has 4 unspecified atom stereocenters. The smallest absolute Gasteiger partial charge is 0.268 e. The van der Waals surface area contributed by atoms with Crippen LogP contribution in [0.4, 0.5) is 0 Å². The van der Waals surface area contributed by atoms with Crippen LogP contribution in [0.15, 0.2) is 237 Å². The summed E-state index contributed by atoms with van der Waals surface area (Å²) in [6.07, 6.45) is 12.4. The lowest BCUT2D eigenvalue weighted by Gasteiger charge is -2.35. The van der Waals surface area contributed by atoms with Gasteiger partial charge in [0.25, 0.3) is 29.5 Å². The molecule has 9 heterocycles. The molecule has 632 valence electrons. The molecule has 5 amide bonds. The molecule has 0 saturated carbocycles. The van der Waals surface area contributed by atoms with Crippen LogP contribution in [0.1, 0.15) is 184 Å². The van der Waals surface area contributed by atoms with Crippen molar-refractivity contribution in [1.82, 2.24) is 76.0 Å². The molecule has 10 N–H and O–H groups in total. The summed E-state index contributed by atoms with van der Waals surface area (Å²) in [6.45, 7) is 15.8.